The summed E-state index contributed by atoms with van der Waals surface area (Å²) in [4.78, 5) is 0. The maximum atomic E-state index is 14.5. The summed E-state index contributed by atoms with van der Waals surface area (Å²) in [7, 11) is 0. The number of aryl methyl sites for hydroxylation is 3. The van der Waals surface area contributed by atoms with Crippen molar-refractivity contribution in [1.29, 1.82) is 0 Å². The van der Waals surface area contributed by atoms with E-state index in [0.717, 1.165) is 24.8 Å². The first kappa shape index (κ1) is 25.6. The lowest BCUT2D eigenvalue weighted by atomic mass is 10.0. The maximum Gasteiger partial charge on any atom is 0.426 e. The van der Waals surface area contributed by atoms with E-state index in [1.165, 1.54) is 36.4 Å². The van der Waals surface area contributed by atoms with Gasteiger partial charge in [0.15, 0.2) is 0 Å². The van der Waals surface area contributed by atoms with Crippen LogP contribution in [0.15, 0.2) is 60.7 Å². The normalized spacial score (nSPS) is 12.1. The Labute approximate surface area is 193 Å². The van der Waals surface area contributed by atoms with Crippen molar-refractivity contribution < 1.29 is 35.5 Å². The van der Waals surface area contributed by atoms with Crippen molar-refractivity contribution in [2.45, 2.75) is 51.3 Å². The monoisotopic (exact) mass is 484 g/mol. The minimum absolute atomic E-state index is 0.0530. The van der Waals surface area contributed by atoms with Crippen molar-refractivity contribution in [3.8, 4) is 5.75 Å². The van der Waals surface area contributed by atoms with Crippen LogP contribution < -0.4 is 4.74 Å². The lowest BCUT2D eigenvalue weighted by molar-refractivity contribution is -0.185. The molecule has 0 spiro atoms. The molecule has 0 saturated carbocycles. The highest BCUT2D eigenvalue weighted by atomic mass is 19.4. The molecule has 1 nitrogen and oxygen atoms in total. The van der Waals surface area contributed by atoms with Crippen molar-refractivity contribution in [2.24, 2.45) is 0 Å². The second-order valence-electron chi connectivity index (χ2n) is 8.00. The van der Waals surface area contributed by atoms with Gasteiger partial charge in [-0.05, 0) is 78.8 Å². The molecule has 3 rings (SSSR count). The van der Waals surface area contributed by atoms with E-state index in [4.69, 9.17) is 4.74 Å². The lowest BCUT2D eigenvalue weighted by Crippen LogP contribution is -2.21. The summed E-state index contributed by atoms with van der Waals surface area (Å²) in [6.07, 6.45) is -5.57. The average Bonchev–Trinajstić information content (AvgIpc) is 2.76. The number of ether oxygens (including phenoxy) is 1. The van der Waals surface area contributed by atoms with Crippen LogP contribution in [0, 0.1) is 11.6 Å². The van der Waals surface area contributed by atoms with Gasteiger partial charge in [0.1, 0.15) is 22.9 Å². The van der Waals surface area contributed by atoms with Gasteiger partial charge in [-0.1, -0.05) is 37.6 Å². The fraction of sp³-hybridized carbons (Fsp3) is 0.308. The number of rotatable bonds is 9. The SMILES string of the molecule is CCCCc1ccc(C(F)(F)Oc2ccc(CCc3cc(F)c(C(F)(F)F)c(F)c3)cc2)cc1. The van der Waals surface area contributed by atoms with E-state index >= 15 is 0 Å². The van der Waals surface area contributed by atoms with Gasteiger partial charge in [0.25, 0.3) is 0 Å². The first-order chi connectivity index (χ1) is 16.0. The van der Waals surface area contributed by atoms with E-state index < -0.39 is 29.5 Å². The third-order valence-corrected chi connectivity index (χ3v) is 5.37. The summed E-state index contributed by atoms with van der Waals surface area (Å²) in [6, 6.07) is 13.0. The van der Waals surface area contributed by atoms with Crippen LogP contribution in [0.2, 0.25) is 0 Å². The van der Waals surface area contributed by atoms with Gasteiger partial charge in [-0.3, -0.25) is 0 Å². The third-order valence-electron chi connectivity index (χ3n) is 5.37. The van der Waals surface area contributed by atoms with Gasteiger partial charge in [0.2, 0.25) is 0 Å². The average molecular weight is 484 g/mol. The Balaban J connectivity index is 1.62. The van der Waals surface area contributed by atoms with Crippen molar-refractivity contribution >= 4 is 0 Å². The molecule has 8 heteroatoms. The van der Waals surface area contributed by atoms with E-state index in [9.17, 15) is 30.7 Å². The first-order valence-corrected chi connectivity index (χ1v) is 10.8. The molecule has 0 radical (unpaired) electrons. The predicted molar refractivity (Wildman–Crippen MR) is 115 cm³/mol. The van der Waals surface area contributed by atoms with Crippen LogP contribution in [0.3, 0.4) is 0 Å². The van der Waals surface area contributed by atoms with Crippen molar-refractivity contribution in [1.82, 2.24) is 0 Å². The van der Waals surface area contributed by atoms with E-state index in [-0.39, 0.29) is 29.7 Å². The fourth-order valence-corrected chi connectivity index (χ4v) is 3.51. The summed E-state index contributed by atoms with van der Waals surface area (Å²) in [5, 5.41) is 0. The standard InChI is InChI=1S/C26H23F7O/c1-2-3-4-17-7-11-20(12-8-17)26(32,33)34-21-13-9-18(10-14-21)5-6-19-15-22(27)24(23(28)16-19)25(29,30)31/h7-16H,2-6H2,1H3. The second kappa shape index (κ2) is 10.5. The van der Waals surface area contributed by atoms with E-state index in [1.807, 2.05) is 0 Å². The van der Waals surface area contributed by atoms with Gasteiger partial charge < -0.3 is 4.74 Å². The van der Waals surface area contributed by atoms with Crippen LogP contribution >= 0.6 is 0 Å². The predicted octanol–water partition coefficient (Wildman–Crippen LogP) is 8.24. The maximum absolute atomic E-state index is 14.5. The molecule has 0 heterocycles. The highest BCUT2D eigenvalue weighted by Crippen LogP contribution is 2.34. The summed E-state index contributed by atoms with van der Waals surface area (Å²) in [6.45, 7) is 2.05. The Morgan fingerprint density at radius 2 is 1.18 bits per heavy atom. The molecule has 3 aromatic carbocycles. The molecule has 0 bridgehead atoms. The highest BCUT2D eigenvalue weighted by Gasteiger charge is 2.38. The van der Waals surface area contributed by atoms with Crippen LogP contribution in [0.4, 0.5) is 30.7 Å². The molecule has 0 amide bonds. The van der Waals surface area contributed by atoms with Gasteiger partial charge >= 0.3 is 12.3 Å². The molecule has 0 aliphatic rings. The molecule has 0 aliphatic heterocycles. The van der Waals surface area contributed by atoms with Gasteiger partial charge in [0, 0.05) is 0 Å². The van der Waals surface area contributed by atoms with Gasteiger partial charge in [-0.25, -0.2) is 8.78 Å². The molecule has 3 aromatic rings. The summed E-state index contributed by atoms with van der Waals surface area (Å²) >= 11 is 0. The van der Waals surface area contributed by atoms with Gasteiger partial charge in [-0.15, -0.1) is 0 Å². The van der Waals surface area contributed by atoms with Crippen LogP contribution in [-0.4, -0.2) is 0 Å². The molecule has 0 aliphatic carbocycles. The zero-order valence-electron chi connectivity index (χ0n) is 18.4. The zero-order valence-corrected chi connectivity index (χ0v) is 18.4. The van der Waals surface area contributed by atoms with Crippen LogP contribution in [0.1, 0.15) is 47.6 Å². The quantitative estimate of drug-likeness (QED) is 0.278. The van der Waals surface area contributed by atoms with Crippen LogP contribution in [0.5, 0.6) is 5.75 Å². The summed E-state index contributed by atoms with van der Waals surface area (Å²) < 4.78 is 99.3. The van der Waals surface area contributed by atoms with Gasteiger partial charge in [-0.2, -0.15) is 22.0 Å². The minimum Gasteiger partial charge on any atom is -0.429 e. The van der Waals surface area contributed by atoms with Crippen LogP contribution in [-0.2, 0) is 31.5 Å². The molecule has 0 fully saturated rings. The number of unbranched alkanes of at least 4 members (excludes halogenated alkanes) is 1. The van der Waals surface area contributed by atoms with Gasteiger partial charge in [0.05, 0.1) is 5.56 Å². The number of halogens is 7. The fourth-order valence-electron chi connectivity index (χ4n) is 3.51. The minimum atomic E-state index is -5.12. The van der Waals surface area contributed by atoms with Crippen molar-refractivity contribution in [3.05, 3.63) is 100 Å². The van der Waals surface area contributed by atoms with Crippen molar-refractivity contribution in [2.75, 3.05) is 0 Å². The Morgan fingerprint density at radius 3 is 1.71 bits per heavy atom. The largest absolute Gasteiger partial charge is 0.429 e. The molecular formula is C26H23F7O. The van der Waals surface area contributed by atoms with Crippen LogP contribution in [0.25, 0.3) is 0 Å². The van der Waals surface area contributed by atoms with E-state index in [0.29, 0.717) is 17.7 Å². The molecule has 34 heavy (non-hydrogen) atoms. The lowest BCUT2D eigenvalue weighted by Gasteiger charge is -2.19. The Bertz CT molecular complexity index is 1060. The highest BCUT2D eigenvalue weighted by molar-refractivity contribution is 5.32. The Morgan fingerprint density at radius 1 is 0.676 bits per heavy atom. The number of hydrogen-bond donors (Lipinski definition) is 0. The summed E-state index contributed by atoms with van der Waals surface area (Å²) in [5.74, 6) is -3.42. The number of alkyl halides is 5. The molecule has 0 aromatic heterocycles. The molecular weight excluding hydrogens is 461 g/mol. The molecule has 0 N–H and O–H groups in total. The topological polar surface area (TPSA) is 9.23 Å². The Kier molecular flexibility index (Phi) is 7.89. The molecule has 0 atom stereocenters. The molecule has 182 valence electrons. The van der Waals surface area contributed by atoms with E-state index in [2.05, 4.69) is 6.92 Å². The second-order valence-corrected chi connectivity index (χ2v) is 8.00. The summed E-state index contributed by atoms with van der Waals surface area (Å²) in [5.41, 5.74) is -0.537. The number of hydrogen-bond acceptors (Lipinski definition) is 1. The zero-order chi connectivity index (χ0) is 24.9. The smallest absolute Gasteiger partial charge is 0.426 e. The Hall–Kier alpha value is -3.03. The number of benzene rings is 3. The molecule has 0 saturated heterocycles. The third kappa shape index (κ3) is 6.52. The molecule has 0 unspecified atom stereocenters. The van der Waals surface area contributed by atoms with E-state index in [1.54, 1.807) is 12.1 Å². The van der Waals surface area contributed by atoms with Crippen molar-refractivity contribution in [3.63, 3.8) is 0 Å². The first-order valence-electron chi connectivity index (χ1n) is 10.8.